The van der Waals surface area contributed by atoms with Gasteiger partial charge in [-0.15, -0.1) is 0 Å². The monoisotopic (exact) mass is 277 g/mol. The number of anilines is 2. The van der Waals surface area contributed by atoms with Crippen molar-refractivity contribution >= 4 is 23.6 Å². The summed E-state index contributed by atoms with van der Waals surface area (Å²) in [7, 11) is 0. The fourth-order valence-electron chi connectivity index (χ4n) is 2.30. The smallest absolute Gasteiger partial charge is 0.414 e. The van der Waals surface area contributed by atoms with E-state index >= 15 is 0 Å². The van der Waals surface area contributed by atoms with Crippen LogP contribution in [0.25, 0.3) is 0 Å². The molecule has 106 valence electrons. The van der Waals surface area contributed by atoms with E-state index in [-0.39, 0.29) is 12.2 Å². The van der Waals surface area contributed by atoms with Crippen LogP contribution in [0.5, 0.6) is 0 Å². The summed E-state index contributed by atoms with van der Waals surface area (Å²) in [6.45, 7) is 1.69. The molecule has 7 nitrogen and oxygen atoms in total. The van der Waals surface area contributed by atoms with Gasteiger partial charge in [0.1, 0.15) is 12.7 Å². The summed E-state index contributed by atoms with van der Waals surface area (Å²) >= 11 is 0. The summed E-state index contributed by atoms with van der Waals surface area (Å²) in [5.74, 6) is 0. The van der Waals surface area contributed by atoms with Gasteiger partial charge in [-0.3, -0.25) is 9.80 Å². The third-order valence-electron chi connectivity index (χ3n) is 3.37. The number of hydrogen-bond acceptors (Lipinski definition) is 5. The summed E-state index contributed by atoms with van der Waals surface area (Å²) in [6, 6.07) is 7.12. The Hall–Kier alpha value is -2.28. The second-order valence-corrected chi connectivity index (χ2v) is 4.63. The van der Waals surface area contributed by atoms with Gasteiger partial charge in [0.2, 0.25) is 0 Å². The molecule has 1 unspecified atom stereocenters. The molecule has 1 aromatic rings. The van der Waals surface area contributed by atoms with Gasteiger partial charge in [0.15, 0.2) is 0 Å². The zero-order valence-electron chi connectivity index (χ0n) is 10.8. The molecule has 0 aromatic heterocycles. The van der Waals surface area contributed by atoms with Crippen molar-refractivity contribution in [1.82, 2.24) is 0 Å². The molecular formula is C13H15N3O4. The number of carbonyl (C=O) groups excluding carboxylic acids is 2. The molecule has 3 rings (SSSR count). The van der Waals surface area contributed by atoms with Gasteiger partial charge < -0.3 is 15.2 Å². The van der Waals surface area contributed by atoms with E-state index in [0.29, 0.717) is 26.2 Å². The molecule has 20 heavy (non-hydrogen) atoms. The first kappa shape index (κ1) is 12.7. The Kier molecular flexibility index (Phi) is 3.19. The minimum atomic E-state index is -0.395. The van der Waals surface area contributed by atoms with Gasteiger partial charge in [-0.05, 0) is 24.3 Å². The minimum Gasteiger partial charge on any atom is -0.447 e. The lowest BCUT2D eigenvalue weighted by Gasteiger charge is -2.16. The van der Waals surface area contributed by atoms with Gasteiger partial charge in [0.25, 0.3) is 0 Å². The van der Waals surface area contributed by atoms with E-state index in [2.05, 4.69) is 0 Å². The zero-order chi connectivity index (χ0) is 14.1. The average Bonchev–Trinajstić information content (AvgIpc) is 3.05. The zero-order valence-corrected chi connectivity index (χ0v) is 10.8. The summed E-state index contributed by atoms with van der Waals surface area (Å²) in [5.41, 5.74) is 6.97. The van der Waals surface area contributed by atoms with Crippen LogP contribution < -0.4 is 15.5 Å². The van der Waals surface area contributed by atoms with Gasteiger partial charge in [0, 0.05) is 17.9 Å². The predicted molar refractivity (Wildman–Crippen MR) is 71.8 cm³/mol. The van der Waals surface area contributed by atoms with E-state index in [1.165, 1.54) is 4.90 Å². The Balaban J connectivity index is 1.76. The van der Waals surface area contributed by atoms with E-state index in [4.69, 9.17) is 15.2 Å². The van der Waals surface area contributed by atoms with Crippen LogP contribution in [0.3, 0.4) is 0 Å². The van der Waals surface area contributed by atoms with Crippen LogP contribution >= 0.6 is 0 Å². The van der Waals surface area contributed by atoms with Crippen molar-refractivity contribution < 1.29 is 19.1 Å². The van der Waals surface area contributed by atoms with Gasteiger partial charge in [-0.25, -0.2) is 9.59 Å². The lowest BCUT2D eigenvalue weighted by Crippen LogP contribution is -2.27. The number of nitrogens with two attached hydrogens (primary N) is 1. The molecule has 0 spiro atoms. The van der Waals surface area contributed by atoms with Crippen LogP contribution in [-0.4, -0.2) is 44.5 Å². The topological polar surface area (TPSA) is 85.1 Å². The van der Waals surface area contributed by atoms with Gasteiger partial charge in [-0.1, -0.05) is 0 Å². The molecule has 2 saturated heterocycles. The number of carbonyl (C=O) groups is 2. The van der Waals surface area contributed by atoms with Crippen molar-refractivity contribution in [2.45, 2.75) is 6.10 Å². The maximum Gasteiger partial charge on any atom is 0.414 e. The summed E-state index contributed by atoms with van der Waals surface area (Å²) < 4.78 is 9.99. The Morgan fingerprint density at radius 1 is 1.10 bits per heavy atom. The standard InChI is InChI=1S/C13H15N3O4/c14-7-11-8-16(13(18)20-11)10-3-1-9(2-4-10)15-5-6-19-12(15)17/h1-4,11H,5-8,14H2. The van der Waals surface area contributed by atoms with Crippen LogP contribution in [0.1, 0.15) is 0 Å². The number of nitrogens with zero attached hydrogens (tertiary/aromatic N) is 2. The first-order chi connectivity index (χ1) is 9.69. The number of benzene rings is 1. The maximum absolute atomic E-state index is 11.7. The normalized spacial score (nSPS) is 22.1. The summed E-state index contributed by atoms with van der Waals surface area (Å²) in [6.07, 6.45) is -1.01. The lowest BCUT2D eigenvalue weighted by atomic mass is 10.2. The van der Waals surface area contributed by atoms with Crippen molar-refractivity contribution in [3.63, 3.8) is 0 Å². The molecule has 2 heterocycles. The van der Waals surface area contributed by atoms with Crippen molar-refractivity contribution in [1.29, 1.82) is 0 Å². The van der Waals surface area contributed by atoms with Crippen molar-refractivity contribution in [3.05, 3.63) is 24.3 Å². The van der Waals surface area contributed by atoms with Crippen LogP contribution in [0.15, 0.2) is 24.3 Å². The highest BCUT2D eigenvalue weighted by atomic mass is 16.6. The van der Waals surface area contributed by atoms with Gasteiger partial charge in [0.05, 0.1) is 13.1 Å². The second-order valence-electron chi connectivity index (χ2n) is 4.63. The fourth-order valence-corrected chi connectivity index (χ4v) is 2.30. The molecule has 0 bridgehead atoms. The van der Waals surface area contributed by atoms with Crippen LogP contribution in [0.4, 0.5) is 21.0 Å². The Labute approximate surface area is 115 Å². The Morgan fingerprint density at radius 2 is 1.75 bits per heavy atom. The van der Waals surface area contributed by atoms with Crippen LogP contribution in [0.2, 0.25) is 0 Å². The molecule has 0 saturated carbocycles. The third-order valence-corrected chi connectivity index (χ3v) is 3.37. The van der Waals surface area contributed by atoms with Crippen molar-refractivity contribution in [3.8, 4) is 0 Å². The number of hydrogen-bond donors (Lipinski definition) is 1. The quantitative estimate of drug-likeness (QED) is 0.888. The minimum absolute atomic E-state index is 0.268. The number of cyclic esters (lactones) is 2. The van der Waals surface area contributed by atoms with Gasteiger partial charge in [-0.2, -0.15) is 0 Å². The molecule has 7 heteroatoms. The second kappa shape index (κ2) is 5.01. The highest BCUT2D eigenvalue weighted by molar-refractivity contribution is 5.92. The molecule has 2 fully saturated rings. The fraction of sp³-hybridized carbons (Fsp3) is 0.385. The van der Waals surface area contributed by atoms with Crippen molar-refractivity contribution in [2.24, 2.45) is 5.73 Å². The molecule has 1 aromatic carbocycles. The highest BCUT2D eigenvalue weighted by Crippen LogP contribution is 2.25. The Morgan fingerprint density at radius 3 is 2.25 bits per heavy atom. The van der Waals surface area contributed by atoms with E-state index < -0.39 is 6.09 Å². The molecule has 2 amide bonds. The van der Waals surface area contributed by atoms with Gasteiger partial charge >= 0.3 is 12.2 Å². The molecule has 2 aliphatic rings. The summed E-state index contributed by atoms with van der Waals surface area (Å²) in [5, 5.41) is 0. The van der Waals surface area contributed by atoms with E-state index in [9.17, 15) is 9.59 Å². The van der Waals surface area contributed by atoms with Crippen molar-refractivity contribution in [2.75, 3.05) is 36.0 Å². The van der Waals surface area contributed by atoms with E-state index in [1.807, 2.05) is 0 Å². The number of amides is 2. The molecule has 2 N–H and O–H groups in total. The predicted octanol–water partition coefficient (Wildman–Crippen LogP) is 0.927. The molecule has 0 aliphatic carbocycles. The first-order valence-electron chi connectivity index (χ1n) is 6.41. The largest absolute Gasteiger partial charge is 0.447 e. The highest BCUT2D eigenvalue weighted by Gasteiger charge is 2.31. The third kappa shape index (κ3) is 2.16. The number of ether oxygens (including phenoxy) is 2. The average molecular weight is 277 g/mol. The van der Waals surface area contributed by atoms with E-state index in [1.54, 1.807) is 29.2 Å². The first-order valence-corrected chi connectivity index (χ1v) is 6.41. The van der Waals surface area contributed by atoms with Crippen LogP contribution in [-0.2, 0) is 9.47 Å². The SMILES string of the molecule is NCC1CN(c2ccc(N3CCOC3=O)cc2)C(=O)O1. The van der Waals surface area contributed by atoms with E-state index in [0.717, 1.165) is 11.4 Å². The summed E-state index contributed by atoms with van der Waals surface area (Å²) in [4.78, 5) is 26.2. The molecule has 0 radical (unpaired) electrons. The lowest BCUT2D eigenvalue weighted by molar-refractivity contribution is 0.145. The molecule has 1 atom stereocenters. The maximum atomic E-state index is 11.7. The number of rotatable bonds is 3. The molecule has 2 aliphatic heterocycles. The molecular weight excluding hydrogens is 262 g/mol. The Bertz CT molecular complexity index is 531. The van der Waals surface area contributed by atoms with Crippen LogP contribution in [0, 0.1) is 0 Å².